The number of carbonyl (C=O) groups excluding carboxylic acids is 1. The molecule has 2 aromatic carbocycles. The molecule has 3 aromatic rings. The van der Waals surface area contributed by atoms with Crippen LogP contribution in [0.25, 0.3) is 0 Å². The van der Waals surface area contributed by atoms with Crippen molar-refractivity contribution in [1.82, 2.24) is 20.2 Å². The van der Waals surface area contributed by atoms with Gasteiger partial charge in [-0.2, -0.15) is 0 Å². The van der Waals surface area contributed by atoms with Gasteiger partial charge in [0.05, 0.1) is 0 Å². The Hall–Kier alpha value is -2.45. The first-order valence-corrected chi connectivity index (χ1v) is 11.0. The van der Waals surface area contributed by atoms with Crippen molar-refractivity contribution in [1.29, 1.82) is 0 Å². The van der Waals surface area contributed by atoms with Crippen molar-refractivity contribution in [2.75, 3.05) is 5.84 Å². The fourth-order valence-corrected chi connectivity index (χ4v) is 4.51. The first kappa shape index (κ1) is 18.9. The maximum absolute atomic E-state index is 12.8. The van der Waals surface area contributed by atoms with Crippen LogP contribution in [0.4, 0.5) is 0 Å². The summed E-state index contributed by atoms with van der Waals surface area (Å²) >= 11 is 2.85. The standard InChI is InChI=1S/C20H21N5OS2/c21-25-19(27-13-14-7-3-1-4-8-14)23-24-20(25)28-17(15-9-5-2-6-10-15)18(26)22-16-11-12-16/h1-10,16-17H,11-13,21H2,(H,22,26)/t17-/m1/s1. The van der Waals surface area contributed by atoms with Crippen molar-refractivity contribution in [2.24, 2.45) is 0 Å². The number of hydrogen-bond donors (Lipinski definition) is 2. The Balaban J connectivity index is 1.48. The molecule has 1 aromatic heterocycles. The summed E-state index contributed by atoms with van der Waals surface area (Å²) in [4.78, 5) is 12.8. The first-order chi connectivity index (χ1) is 13.7. The number of nitrogens with two attached hydrogens (primary N) is 1. The van der Waals surface area contributed by atoms with E-state index in [2.05, 4.69) is 27.6 Å². The van der Waals surface area contributed by atoms with Crippen molar-refractivity contribution in [3.63, 3.8) is 0 Å². The van der Waals surface area contributed by atoms with Crippen LogP contribution in [0.3, 0.4) is 0 Å². The average Bonchev–Trinajstić information content (AvgIpc) is 3.48. The van der Waals surface area contributed by atoms with Crippen LogP contribution in [0.2, 0.25) is 0 Å². The molecule has 1 heterocycles. The molecule has 0 radical (unpaired) electrons. The average molecular weight is 412 g/mol. The van der Waals surface area contributed by atoms with Crippen LogP contribution in [-0.2, 0) is 10.5 Å². The van der Waals surface area contributed by atoms with E-state index in [4.69, 9.17) is 5.84 Å². The zero-order valence-electron chi connectivity index (χ0n) is 15.2. The molecular formula is C20H21N5OS2. The fraction of sp³-hybridized carbons (Fsp3) is 0.250. The van der Waals surface area contributed by atoms with Crippen molar-refractivity contribution in [3.05, 3.63) is 71.8 Å². The predicted octanol–water partition coefficient (Wildman–Crippen LogP) is 3.40. The third-order valence-electron chi connectivity index (χ3n) is 4.33. The van der Waals surface area contributed by atoms with Gasteiger partial charge in [0, 0.05) is 11.8 Å². The van der Waals surface area contributed by atoms with Crippen LogP contribution < -0.4 is 11.2 Å². The Morgan fingerprint density at radius 2 is 1.71 bits per heavy atom. The molecule has 0 unspecified atom stereocenters. The minimum Gasteiger partial charge on any atom is -0.352 e. The summed E-state index contributed by atoms with van der Waals surface area (Å²) in [6.07, 6.45) is 2.09. The minimum atomic E-state index is -0.416. The van der Waals surface area contributed by atoms with E-state index in [1.807, 2.05) is 48.5 Å². The number of nitrogens with one attached hydrogen (secondary N) is 1. The van der Waals surface area contributed by atoms with Crippen molar-refractivity contribution in [2.45, 2.75) is 40.2 Å². The molecule has 8 heteroatoms. The molecule has 144 valence electrons. The summed E-state index contributed by atoms with van der Waals surface area (Å²) in [5.41, 5.74) is 2.11. The van der Waals surface area contributed by atoms with Gasteiger partial charge in [-0.25, -0.2) is 4.68 Å². The van der Waals surface area contributed by atoms with Gasteiger partial charge in [-0.3, -0.25) is 4.79 Å². The summed E-state index contributed by atoms with van der Waals surface area (Å²) in [5.74, 6) is 6.97. The smallest absolute Gasteiger partial charge is 0.238 e. The van der Waals surface area contributed by atoms with Crippen molar-refractivity contribution < 1.29 is 4.79 Å². The van der Waals surface area contributed by atoms with E-state index in [-0.39, 0.29) is 5.91 Å². The largest absolute Gasteiger partial charge is 0.352 e. The Bertz CT molecular complexity index is 928. The van der Waals surface area contributed by atoms with Gasteiger partial charge in [0.2, 0.25) is 16.2 Å². The van der Waals surface area contributed by atoms with Gasteiger partial charge in [0.1, 0.15) is 5.25 Å². The maximum atomic E-state index is 12.8. The number of hydrogen-bond acceptors (Lipinski definition) is 6. The van der Waals surface area contributed by atoms with Crippen molar-refractivity contribution in [3.8, 4) is 0 Å². The van der Waals surface area contributed by atoms with Gasteiger partial charge in [0.15, 0.2) is 0 Å². The second kappa shape index (κ2) is 8.70. The van der Waals surface area contributed by atoms with Crippen LogP contribution in [-0.4, -0.2) is 26.8 Å². The zero-order chi connectivity index (χ0) is 19.3. The Labute approximate surface area is 172 Å². The number of benzene rings is 2. The monoisotopic (exact) mass is 411 g/mol. The fourth-order valence-electron chi connectivity index (χ4n) is 2.68. The number of nitrogen functional groups attached to an aromatic ring is 1. The van der Waals surface area contributed by atoms with Crippen LogP contribution in [0, 0.1) is 0 Å². The lowest BCUT2D eigenvalue weighted by molar-refractivity contribution is -0.120. The Morgan fingerprint density at radius 1 is 1.07 bits per heavy atom. The molecule has 3 N–H and O–H groups in total. The van der Waals surface area contributed by atoms with E-state index in [1.54, 1.807) is 0 Å². The van der Waals surface area contributed by atoms with E-state index >= 15 is 0 Å². The molecule has 1 amide bonds. The second-order valence-electron chi connectivity index (χ2n) is 6.60. The number of thioether (sulfide) groups is 2. The third-order valence-corrected chi connectivity index (χ3v) is 6.56. The zero-order valence-corrected chi connectivity index (χ0v) is 16.8. The first-order valence-electron chi connectivity index (χ1n) is 9.10. The van der Waals surface area contributed by atoms with Gasteiger partial charge >= 0.3 is 0 Å². The third kappa shape index (κ3) is 4.69. The Kier molecular flexibility index (Phi) is 5.87. The van der Waals surface area contributed by atoms with E-state index in [0.29, 0.717) is 16.4 Å². The number of rotatable bonds is 8. The lowest BCUT2D eigenvalue weighted by Crippen LogP contribution is -2.30. The van der Waals surface area contributed by atoms with Crippen LogP contribution >= 0.6 is 23.5 Å². The molecule has 6 nitrogen and oxygen atoms in total. The summed E-state index contributed by atoms with van der Waals surface area (Å²) in [5, 5.41) is 12.2. The number of carbonyl (C=O) groups is 1. The predicted molar refractivity (Wildman–Crippen MR) is 112 cm³/mol. The number of amides is 1. The number of nitrogens with zero attached hydrogens (tertiary/aromatic N) is 3. The van der Waals surface area contributed by atoms with Crippen LogP contribution in [0.1, 0.15) is 29.2 Å². The molecule has 28 heavy (non-hydrogen) atoms. The molecule has 0 spiro atoms. The van der Waals surface area contributed by atoms with Gasteiger partial charge in [-0.05, 0) is 24.0 Å². The lowest BCUT2D eigenvalue weighted by atomic mass is 10.1. The molecule has 0 saturated heterocycles. The summed E-state index contributed by atoms with van der Waals surface area (Å²) in [6, 6.07) is 20.1. The minimum absolute atomic E-state index is 0.0137. The van der Waals surface area contributed by atoms with E-state index < -0.39 is 5.25 Å². The molecule has 4 rings (SSSR count). The summed E-state index contributed by atoms with van der Waals surface area (Å²) in [6.45, 7) is 0. The Morgan fingerprint density at radius 3 is 2.39 bits per heavy atom. The quantitative estimate of drug-likeness (QED) is 0.436. The second-order valence-corrected chi connectivity index (χ2v) is 8.62. The highest BCUT2D eigenvalue weighted by atomic mass is 32.2. The number of aromatic nitrogens is 3. The molecule has 1 aliphatic rings. The molecule has 0 bridgehead atoms. The van der Waals surface area contributed by atoms with Gasteiger partial charge in [0.25, 0.3) is 0 Å². The SMILES string of the molecule is Nn1c(SCc2ccccc2)nnc1S[C@@H](C(=O)NC1CC1)c1ccccc1. The molecule has 0 aliphatic heterocycles. The van der Waals surface area contributed by atoms with Crippen molar-refractivity contribution >= 4 is 29.4 Å². The molecular weight excluding hydrogens is 390 g/mol. The van der Waals surface area contributed by atoms with E-state index in [1.165, 1.54) is 33.8 Å². The topological polar surface area (TPSA) is 85.8 Å². The summed E-state index contributed by atoms with van der Waals surface area (Å²) in [7, 11) is 0. The maximum Gasteiger partial charge on any atom is 0.238 e. The van der Waals surface area contributed by atoms with Gasteiger partial charge < -0.3 is 11.2 Å². The molecule has 1 saturated carbocycles. The normalized spacial score (nSPS) is 14.6. The van der Waals surface area contributed by atoms with Gasteiger partial charge in [-0.1, -0.05) is 84.2 Å². The van der Waals surface area contributed by atoms with E-state index in [0.717, 1.165) is 24.2 Å². The van der Waals surface area contributed by atoms with E-state index in [9.17, 15) is 4.79 Å². The highest BCUT2D eigenvalue weighted by Crippen LogP contribution is 2.36. The molecule has 1 atom stereocenters. The van der Waals surface area contributed by atoms with Crippen LogP contribution in [0.15, 0.2) is 71.0 Å². The molecule has 1 aliphatic carbocycles. The highest BCUT2D eigenvalue weighted by Gasteiger charge is 2.30. The highest BCUT2D eigenvalue weighted by molar-refractivity contribution is 8.00. The van der Waals surface area contributed by atoms with Crippen LogP contribution in [0.5, 0.6) is 0 Å². The summed E-state index contributed by atoms with van der Waals surface area (Å²) < 4.78 is 1.47. The lowest BCUT2D eigenvalue weighted by Gasteiger charge is -2.16. The van der Waals surface area contributed by atoms with Gasteiger partial charge in [-0.15, -0.1) is 10.2 Å². The molecule has 1 fully saturated rings.